The summed E-state index contributed by atoms with van der Waals surface area (Å²) in [6.45, 7) is 13.6. The molecule has 1 unspecified atom stereocenters. The second-order valence-electron chi connectivity index (χ2n) is 5.99. The first kappa shape index (κ1) is 13.6. The maximum atomic E-state index is 6.32. The highest BCUT2D eigenvalue weighted by atomic mass is 14.3. The van der Waals surface area contributed by atoms with E-state index >= 15 is 0 Å². The van der Waals surface area contributed by atoms with Gasteiger partial charge in [-0.3, -0.25) is 0 Å². The molecule has 0 aromatic heterocycles. The number of hydrogen-bond acceptors (Lipinski definition) is 0. The third kappa shape index (κ3) is 2.81. The van der Waals surface area contributed by atoms with Crippen LogP contribution in [-0.4, -0.2) is 7.85 Å². The Kier molecular flexibility index (Phi) is 4.47. The molecule has 0 amide bonds. The van der Waals surface area contributed by atoms with Crippen molar-refractivity contribution in [3.05, 3.63) is 22.7 Å². The van der Waals surface area contributed by atoms with E-state index < -0.39 is 0 Å². The minimum Gasteiger partial charge on any atom is -0.111 e. The Hall–Kier alpha value is -0.455. The predicted molar refractivity (Wildman–Crippen MR) is 73.5 cm³/mol. The quantitative estimate of drug-likeness (QED) is 0.616. The zero-order valence-corrected chi connectivity index (χ0v) is 11.7. The molecular formula is C15H25B. The van der Waals surface area contributed by atoms with Gasteiger partial charge in [0.2, 0.25) is 0 Å². The second kappa shape index (κ2) is 5.25. The number of hydrogen-bond donors (Lipinski definition) is 0. The van der Waals surface area contributed by atoms with Crippen molar-refractivity contribution in [2.75, 3.05) is 0 Å². The minimum atomic E-state index is 0.537. The Labute approximate surface area is 103 Å². The van der Waals surface area contributed by atoms with Gasteiger partial charge in [0.15, 0.2) is 0 Å². The molecule has 1 rings (SSSR count). The van der Waals surface area contributed by atoms with E-state index in [2.05, 4.69) is 47.6 Å². The van der Waals surface area contributed by atoms with Gasteiger partial charge in [-0.2, -0.15) is 0 Å². The summed E-state index contributed by atoms with van der Waals surface area (Å²) in [5.74, 6) is 2.36. The van der Waals surface area contributed by atoms with Gasteiger partial charge in [-0.25, -0.2) is 0 Å². The summed E-state index contributed by atoms with van der Waals surface area (Å²) in [6.07, 6.45) is 3.50. The molecule has 0 bridgehead atoms. The molecule has 0 spiro atoms. The van der Waals surface area contributed by atoms with E-state index in [1.165, 1.54) is 5.57 Å². The van der Waals surface area contributed by atoms with Gasteiger partial charge in [-0.1, -0.05) is 58.8 Å². The molecule has 0 saturated heterocycles. The van der Waals surface area contributed by atoms with Crippen LogP contribution in [0.5, 0.6) is 0 Å². The van der Waals surface area contributed by atoms with E-state index in [1.54, 1.807) is 5.57 Å². The molecule has 0 fully saturated rings. The molecular weight excluding hydrogens is 191 g/mol. The lowest BCUT2D eigenvalue weighted by molar-refractivity contribution is 0.428. The highest BCUT2D eigenvalue weighted by molar-refractivity contribution is 6.22. The number of allylic oxidation sites excluding steroid dienone is 4. The highest BCUT2D eigenvalue weighted by Gasteiger charge is 2.25. The molecule has 0 heterocycles. The Bertz CT molecular complexity index is 305. The molecule has 16 heavy (non-hydrogen) atoms. The third-order valence-electron chi connectivity index (χ3n) is 3.70. The van der Waals surface area contributed by atoms with Gasteiger partial charge in [0.05, 0.1) is 0 Å². The average Bonchev–Trinajstić information content (AvgIpc) is 2.16. The van der Waals surface area contributed by atoms with Crippen LogP contribution in [0.3, 0.4) is 0 Å². The van der Waals surface area contributed by atoms with Gasteiger partial charge in [-0.05, 0) is 30.1 Å². The van der Waals surface area contributed by atoms with Crippen LogP contribution in [0.15, 0.2) is 22.7 Å². The maximum absolute atomic E-state index is 6.32. The molecule has 0 N–H and O–H groups in total. The molecule has 1 aliphatic rings. The topological polar surface area (TPSA) is 0 Å². The van der Waals surface area contributed by atoms with Crippen molar-refractivity contribution in [3.63, 3.8) is 0 Å². The molecule has 0 aromatic carbocycles. The van der Waals surface area contributed by atoms with E-state index in [4.69, 9.17) is 7.85 Å². The Morgan fingerprint density at radius 2 is 1.62 bits per heavy atom. The minimum absolute atomic E-state index is 0.537. The van der Waals surface area contributed by atoms with E-state index in [1.807, 2.05) is 0 Å². The Balaban J connectivity index is 3.11. The molecule has 0 aromatic rings. The van der Waals surface area contributed by atoms with Crippen molar-refractivity contribution < 1.29 is 0 Å². The fourth-order valence-corrected chi connectivity index (χ4v) is 2.42. The standard InChI is InChI=1S/C15H25B/c1-9(2)12-7-13(10(3)4)15(16)14(8-12)11(5)6/h7,9-11,14H,8H2,1-6H3. The summed E-state index contributed by atoms with van der Waals surface area (Å²) in [6, 6.07) is 0. The summed E-state index contributed by atoms with van der Waals surface area (Å²) in [7, 11) is 6.32. The first-order chi connectivity index (χ1) is 7.34. The summed E-state index contributed by atoms with van der Waals surface area (Å²) < 4.78 is 0. The molecule has 0 aliphatic heterocycles. The average molecular weight is 216 g/mol. The summed E-state index contributed by atoms with van der Waals surface area (Å²) in [5.41, 5.74) is 4.07. The maximum Gasteiger partial charge on any atom is 0.108 e. The van der Waals surface area contributed by atoms with Gasteiger partial charge in [0.1, 0.15) is 7.85 Å². The zero-order chi connectivity index (χ0) is 12.5. The van der Waals surface area contributed by atoms with Gasteiger partial charge >= 0.3 is 0 Å². The van der Waals surface area contributed by atoms with Gasteiger partial charge < -0.3 is 0 Å². The lowest BCUT2D eigenvalue weighted by atomic mass is 9.66. The van der Waals surface area contributed by atoms with Crippen LogP contribution in [0.1, 0.15) is 48.0 Å². The van der Waals surface area contributed by atoms with Crippen LogP contribution in [-0.2, 0) is 0 Å². The molecule has 1 heteroatoms. The van der Waals surface area contributed by atoms with Crippen LogP contribution < -0.4 is 0 Å². The highest BCUT2D eigenvalue weighted by Crippen LogP contribution is 2.37. The molecule has 88 valence electrons. The van der Waals surface area contributed by atoms with Crippen molar-refractivity contribution >= 4 is 7.85 Å². The van der Waals surface area contributed by atoms with Crippen LogP contribution in [0.2, 0.25) is 0 Å². The van der Waals surface area contributed by atoms with Crippen LogP contribution in [0, 0.1) is 23.7 Å². The first-order valence-corrected chi connectivity index (χ1v) is 6.54. The van der Waals surface area contributed by atoms with E-state index in [0.29, 0.717) is 23.7 Å². The molecule has 0 nitrogen and oxygen atoms in total. The monoisotopic (exact) mass is 216 g/mol. The Morgan fingerprint density at radius 1 is 1.06 bits per heavy atom. The summed E-state index contributed by atoms with van der Waals surface area (Å²) in [5, 5.41) is 0. The molecule has 1 atom stereocenters. The SMILES string of the molecule is [B]C1=C(C(C)C)C=C(C(C)C)CC1C(C)C. The largest absolute Gasteiger partial charge is 0.111 e. The van der Waals surface area contributed by atoms with Crippen LogP contribution >= 0.6 is 0 Å². The lowest BCUT2D eigenvalue weighted by Gasteiger charge is -2.33. The first-order valence-electron chi connectivity index (χ1n) is 6.54. The predicted octanol–water partition coefficient (Wildman–Crippen LogP) is 4.32. The van der Waals surface area contributed by atoms with Gasteiger partial charge in [-0.15, -0.1) is 5.47 Å². The molecule has 1 aliphatic carbocycles. The van der Waals surface area contributed by atoms with E-state index in [0.717, 1.165) is 11.9 Å². The van der Waals surface area contributed by atoms with E-state index in [9.17, 15) is 0 Å². The Morgan fingerprint density at radius 3 is 2.00 bits per heavy atom. The molecule has 2 radical (unpaired) electrons. The smallest absolute Gasteiger partial charge is 0.108 e. The molecule has 0 saturated carbocycles. The van der Waals surface area contributed by atoms with Gasteiger partial charge in [0, 0.05) is 0 Å². The van der Waals surface area contributed by atoms with E-state index in [-0.39, 0.29) is 0 Å². The van der Waals surface area contributed by atoms with Crippen LogP contribution in [0.25, 0.3) is 0 Å². The lowest BCUT2D eigenvalue weighted by Crippen LogP contribution is -2.21. The zero-order valence-electron chi connectivity index (χ0n) is 11.7. The van der Waals surface area contributed by atoms with Crippen molar-refractivity contribution in [3.8, 4) is 0 Å². The normalized spacial score (nSPS) is 22.3. The summed E-state index contributed by atoms with van der Waals surface area (Å²) in [4.78, 5) is 0. The van der Waals surface area contributed by atoms with Crippen molar-refractivity contribution in [1.29, 1.82) is 0 Å². The summed E-state index contributed by atoms with van der Waals surface area (Å²) >= 11 is 0. The van der Waals surface area contributed by atoms with Crippen LogP contribution in [0.4, 0.5) is 0 Å². The third-order valence-corrected chi connectivity index (χ3v) is 3.70. The van der Waals surface area contributed by atoms with Gasteiger partial charge in [0.25, 0.3) is 0 Å². The number of rotatable bonds is 3. The van der Waals surface area contributed by atoms with Crippen molar-refractivity contribution in [1.82, 2.24) is 0 Å². The second-order valence-corrected chi connectivity index (χ2v) is 5.99. The van der Waals surface area contributed by atoms with Crippen molar-refractivity contribution in [2.45, 2.75) is 48.0 Å². The van der Waals surface area contributed by atoms with Crippen molar-refractivity contribution in [2.24, 2.45) is 23.7 Å². The fraction of sp³-hybridized carbons (Fsp3) is 0.733. The fourth-order valence-electron chi connectivity index (χ4n) is 2.42.